The second-order valence-corrected chi connectivity index (χ2v) is 15.4. The molecule has 0 aromatic heterocycles. The van der Waals surface area contributed by atoms with E-state index in [1.807, 2.05) is 97.1 Å². The van der Waals surface area contributed by atoms with Crippen LogP contribution in [-0.4, -0.2) is 84.5 Å². The molecule has 0 saturated carbocycles. The SMILES string of the molecule is O=C(CCNCCc1ccc(O)cc1)Nc1cccc(C(=O)NCCN2CCC(OC(=O)N(c3ccccc3-c3ccccc3)N(C(=O)O)c3ccccc3-c3ccccc3)CC2)c1. The Balaban J connectivity index is 0.936. The molecule has 1 saturated heterocycles. The average molecular weight is 861 g/mol. The molecular formula is C51H52N6O7. The average Bonchev–Trinajstić information content (AvgIpc) is 3.32. The predicted molar refractivity (Wildman–Crippen MR) is 249 cm³/mol. The lowest BCUT2D eigenvalue weighted by atomic mass is 10.0. The maximum absolute atomic E-state index is 14.5. The Hall–Kier alpha value is -7.48. The molecule has 64 heavy (non-hydrogen) atoms. The molecule has 0 radical (unpaired) electrons. The minimum absolute atomic E-state index is 0.166. The van der Waals surface area contributed by atoms with Crippen molar-refractivity contribution >= 4 is 41.1 Å². The van der Waals surface area contributed by atoms with Crippen molar-refractivity contribution in [2.45, 2.75) is 31.8 Å². The fraction of sp³-hybridized carbons (Fsp3) is 0.216. The van der Waals surface area contributed by atoms with Crippen molar-refractivity contribution in [3.8, 4) is 28.0 Å². The number of nitrogens with one attached hydrogen (secondary N) is 3. The van der Waals surface area contributed by atoms with Gasteiger partial charge in [0.15, 0.2) is 0 Å². The van der Waals surface area contributed by atoms with Crippen LogP contribution in [0, 0.1) is 0 Å². The molecule has 1 aliphatic rings. The van der Waals surface area contributed by atoms with Gasteiger partial charge in [-0.1, -0.05) is 115 Å². The molecule has 0 aliphatic carbocycles. The summed E-state index contributed by atoms with van der Waals surface area (Å²) in [6, 6.07) is 47.0. The van der Waals surface area contributed by atoms with Crippen molar-refractivity contribution < 1.29 is 34.1 Å². The topological polar surface area (TPSA) is 164 Å². The van der Waals surface area contributed by atoms with Gasteiger partial charge in [-0.25, -0.2) is 9.59 Å². The first kappa shape index (κ1) is 44.6. The number of nitrogens with zero attached hydrogens (tertiary/aromatic N) is 3. The third kappa shape index (κ3) is 11.9. The molecule has 1 aliphatic heterocycles. The number of carbonyl (C=O) groups excluding carboxylic acids is 3. The number of carboxylic acid groups (broad SMARTS) is 1. The van der Waals surface area contributed by atoms with Gasteiger partial charge in [0.1, 0.15) is 11.9 Å². The molecule has 0 bridgehead atoms. The number of hydrazine groups is 1. The number of hydrogen-bond donors (Lipinski definition) is 5. The Kier molecular flexibility index (Phi) is 15.4. The molecule has 6 aromatic rings. The van der Waals surface area contributed by atoms with Gasteiger partial charge in [-0.3, -0.25) is 9.59 Å². The highest BCUT2D eigenvalue weighted by molar-refractivity contribution is 6.06. The maximum atomic E-state index is 14.5. The lowest BCUT2D eigenvalue weighted by molar-refractivity contribution is -0.116. The summed E-state index contributed by atoms with van der Waals surface area (Å²) >= 11 is 0. The number of anilines is 3. The van der Waals surface area contributed by atoms with Crippen LogP contribution in [0.25, 0.3) is 22.3 Å². The molecule has 13 heteroatoms. The predicted octanol–water partition coefficient (Wildman–Crippen LogP) is 8.82. The van der Waals surface area contributed by atoms with E-state index >= 15 is 0 Å². The van der Waals surface area contributed by atoms with Gasteiger partial charge < -0.3 is 35.8 Å². The molecule has 7 rings (SSSR count). The quantitative estimate of drug-likeness (QED) is 0.0473. The first-order valence-corrected chi connectivity index (χ1v) is 21.4. The van der Waals surface area contributed by atoms with Gasteiger partial charge in [0, 0.05) is 61.5 Å². The van der Waals surface area contributed by atoms with Crippen LogP contribution in [-0.2, 0) is 16.0 Å². The maximum Gasteiger partial charge on any atom is 0.434 e. The molecule has 1 fully saturated rings. The van der Waals surface area contributed by atoms with Crippen LogP contribution in [0.4, 0.5) is 26.7 Å². The molecule has 0 unspecified atom stereocenters. The van der Waals surface area contributed by atoms with Crippen LogP contribution in [0.15, 0.2) is 158 Å². The van der Waals surface area contributed by atoms with E-state index in [2.05, 4.69) is 20.9 Å². The largest absolute Gasteiger partial charge is 0.508 e. The molecule has 328 valence electrons. The number of rotatable bonds is 16. The first-order chi connectivity index (χ1) is 31.2. The fourth-order valence-corrected chi connectivity index (χ4v) is 7.68. The number of amides is 4. The Morgan fingerprint density at radius 1 is 0.656 bits per heavy atom. The number of carbonyl (C=O) groups is 4. The second kappa shape index (κ2) is 22.0. The summed E-state index contributed by atoms with van der Waals surface area (Å²) in [4.78, 5) is 55.8. The molecule has 5 N–H and O–H groups in total. The van der Waals surface area contributed by atoms with Crippen molar-refractivity contribution in [1.29, 1.82) is 0 Å². The van der Waals surface area contributed by atoms with E-state index in [9.17, 15) is 29.4 Å². The molecule has 0 atom stereocenters. The number of para-hydroxylation sites is 2. The van der Waals surface area contributed by atoms with E-state index in [4.69, 9.17) is 4.74 Å². The normalized spacial score (nSPS) is 12.8. The van der Waals surface area contributed by atoms with Crippen molar-refractivity contribution in [2.24, 2.45) is 0 Å². The van der Waals surface area contributed by atoms with E-state index < -0.39 is 18.3 Å². The number of piperidine rings is 1. The second-order valence-electron chi connectivity index (χ2n) is 15.4. The van der Waals surface area contributed by atoms with Crippen molar-refractivity contribution in [3.63, 3.8) is 0 Å². The van der Waals surface area contributed by atoms with Crippen LogP contribution in [0.5, 0.6) is 5.75 Å². The van der Waals surface area contributed by atoms with Gasteiger partial charge in [0.05, 0.1) is 11.4 Å². The summed E-state index contributed by atoms with van der Waals surface area (Å²) in [5.41, 5.74) is 5.55. The highest BCUT2D eigenvalue weighted by atomic mass is 16.6. The molecule has 4 amide bonds. The van der Waals surface area contributed by atoms with E-state index in [0.717, 1.165) is 33.1 Å². The zero-order valence-corrected chi connectivity index (χ0v) is 35.4. The standard InChI is InChI=1S/C51H52N6O7/c58-42-24-22-37(23-25-42)26-30-52-31-27-48(59)54-41-17-11-16-40(36-41)49(60)53-32-35-55-33-28-43(29-34-55)64-51(63)57(47-21-10-8-19-45(47)39-14-5-2-6-15-39)56(50(61)62)46-20-9-7-18-44(46)38-12-3-1-4-13-38/h1-25,36,43,52,58H,26-35H2,(H,53,60)(H,54,59)(H,61,62). The number of phenols is 1. The van der Waals surface area contributed by atoms with Crippen molar-refractivity contribution in [2.75, 3.05) is 54.6 Å². The minimum Gasteiger partial charge on any atom is -0.508 e. The van der Waals surface area contributed by atoms with Crippen LogP contribution in [0.1, 0.15) is 35.2 Å². The van der Waals surface area contributed by atoms with Crippen LogP contribution in [0.3, 0.4) is 0 Å². The Morgan fingerprint density at radius 3 is 1.88 bits per heavy atom. The molecule has 0 spiro atoms. The van der Waals surface area contributed by atoms with Crippen LogP contribution in [0.2, 0.25) is 0 Å². The van der Waals surface area contributed by atoms with E-state index in [1.165, 1.54) is 0 Å². The Morgan fingerprint density at radius 2 is 1.25 bits per heavy atom. The molecule has 13 nitrogen and oxygen atoms in total. The lowest BCUT2D eigenvalue weighted by Crippen LogP contribution is -2.52. The highest BCUT2D eigenvalue weighted by Gasteiger charge is 2.36. The zero-order chi connectivity index (χ0) is 44.7. The Labute approximate surface area is 372 Å². The summed E-state index contributed by atoms with van der Waals surface area (Å²) in [6.07, 6.45) is -0.598. The number of ether oxygens (including phenoxy) is 1. The Bertz CT molecular complexity index is 2500. The lowest BCUT2D eigenvalue weighted by Gasteiger charge is -2.36. The van der Waals surface area contributed by atoms with Gasteiger partial charge in [-0.2, -0.15) is 10.0 Å². The monoisotopic (exact) mass is 860 g/mol. The smallest absolute Gasteiger partial charge is 0.434 e. The van der Waals surface area contributed by atoms with Crippen LogP contribution >= 0.6 is 0 Å². The van der Waals surface area contributed by atoms with Gasteiger partial charge >= 0.3 is 12.2 Å². The van der Waals surface area contributed by atoms with E-state index in [0.29, 0.717) is 80.2 Å². The summed E-state index contributed by atoms with van der Waals surface area (Å²) in [7, 11) is 0. The fourth-order valence-electron chi connectivity index (χ4n) is 7.68. The van der Waals surface area contributed by atoms with Gasteiger partial charge in [0.2, 0.25) is 5.91 Å². The summed E-state index contributed by atoms with van der Waals surface area (Å²) < 4.78 is 6.18. The minimum atomic E-state index is -1.36. The number of aromatic hydroxyl groups is 1. The number of benzene rings is 6. The van der Waals surface area contributed by atoms with E-state index in [1.54, 1.807) is 60.7 Å². The highest BCUT2D eigenvalue weighted by Crippen LogP contribution is 2.38. The van der Waals surface area contributed by atoms with Crippen LogP contribution < -0.4 is 26.0 Å². The summed E-state index contributed by atoms with van der Waals surface area (Å²) in [5.74, 6) is -0.197. The van der Waals surface area contributed by atoms with Gasteiger partial charge in [0.25, 0.3) is 5.91 Å². The van der Waals surface area contributed by atoms with Gasteiger partial charge in [-0.15, -0.1) is 0 Å². The number of hydrogen-bond acceptors (Lipinski definition) is 8. The number of phenolic OH excluding ortho intramolecular Hbond substituents is 1. The summed E-state index contributed by atoms with van der Waals surface area (Å²) in [5, 5.41) is 31.5. The van der Waals surface area contributed by atoms with Gasteiger partial charge in [-0.05, 0) is 85.0 Å². The zero-order valence-electron chi connectivity index (χ0n) is 35.4. The van der Waals surface area contributed by atoms with Crippen molar-refractivity contribution in [1.82, 2.24) is 15.5 Å². The third-order valence-electron chi connectivity index (χ3n) is 11.0. The van der Waals surface area contributed by atoms with Crippen molar-refractivity contribution in [3.05, 3.63) is 169 Å². The number of likely N-dealkylation sites (tertiary alicyclic amines) is 1. The summed E-state index contributed by atoms with van der Waals surface area (Å²) in [6.45, 7) is 3.35. The molecule has 1 heterocycles. The third-order valence-corrected chi connectivity index (χ3v) is 11.0. The first-order valence-electron chi connectivity index (χ1n) is 21.4. The molecule has 6 aromatic carbocycles. The molecular weight excluding hydrogens is 809 g/mol. The van der Waals surface area contributed by atoms with E-state index in [-0.39, 0.29) is 29.7 Å².